The minimum absolute atomic E-state index is 0.193. The second kappa shape index (κ2) is 8.86. The average molecular weight is 437 g/mol. The van der Waals surface area contributed by atoms with Crippen LogP contribution < -0.4 is 10.1 Å². The van der Waals surface area contributed by atoms with Crippen LogP contribution in [0.5, 0.6) is 5.75 Å². The Morgan fingerprint density at radius 3 is 2.50 bits per heavy atom. The van der Waals surface area contributed by atoms with Gasteiger partial charge in [0, 0.05) is 22.7 Å². The van der Waals surface area contributed by atoms with Crippen molar-refractivity contribution in [2.45, 2.75) is 17.3 Å². The van der Waals surface area contributed by atoms with E-state index < -0.39 is 5.25 Å². The smallest absolute Gasteiger partial charge is 0.237 e. The first-order valence-electron chi connectivity index (χ1n) is 8.35. The molecule has 0 spiro atoms. The second-order valence-electron chi connectivity index (χ2n) is 5.97. The Balaban J connectivity index is 1.73. The molecule has 1 N–H and O–H groups in total. The van der Waals surface area contributed by atoms with Gasteiger partial charge >= 0.3 is 0 Å². The fourth-order valence-corrected chi connectivity index (χ4v) is 3.60. The van der Waals surface area contributed by atoms with E-state index >= 15 is 0 Å². The predicted octanol–water partition coefficient (Wildman–Crippen LogP) is 4.92. The summed E-state index contributed by atoms with van der Waals surface area (Å²) in [6.07, 6.45) is 0. The number of hydrogen-bond donors (Lipinski definition) is 1. The van der Waals surface area contributed by atoms with E-state index in [1.165, 1.54) is 18.9 Å². The Labute approximate surface area is 177 Å². The van der Waals surface area contributed by atoms with E-state index in [-0.39, 0.29) is 5.91 Å². The number of methoxy groups -OCH3 is 1. The van der Waals surface area contributed by atoms with Crippen LogP contribution in [0.15, 0.2) is 47.6 Å². The molecule has 1 heterocycles. The first-order valence-corrected chi connectivity index (χ1v) is 9.99. The van der Waals surface area contributed by atoms with Crippen molar-refractivity contribution in [3.63, 3.8) is 0 Å². The number of thioether (sulfide) groups is 1. The Morgan fingerprint density at radius 1 is 1.14 bits per heavy atom. The van der Waals surface area contributed by atoms with Crippen molar-refractivity contribution in [1.82, 2.24) is 14.8 Å². The van der Waals surface area contributed by atoms with Gasteiger partial charge in [0.1, 0.15) is 5.75 Å². The summed E-state index contributed by atoms with van der Waals surface area (Å²) in [6.45, 7) is 1.80. The fraction of sp³-hybridized carbons (Fsp3) is 0.211. The molecule has 0 radical (unpaired) electrons. The first kappa shape index (κ1) is 20.5. The number of nitrogens with one attached hydrogen (secondary N) is 1. The lowest BCUT2D eigenvalue weighted by Crippen LogP contribution is -2.23. The molecule has 0 aliphatic heterocycles. The summed E-state index contributed by atoms with van der Waals surface area (Å²) in [6, 6.07) is 12.4. The molecule has 3 rings (SSSR count). The Hall–Kier alpha value is -2.22. The summed E-state index contributed by atoms with van der Waals surface area (Å²) in [5.74, 6) is 1.04. The van der Waals surface area contributed by atoms with Gasteiger partial charge in [0.05, 0.1) is 18.0 Å². The van der Waals surface area contributed by atoms with Crippen LogP contribution in [0.4, 0.5) is 5.69 Å². The lowest BCUT2D eigenvalue weighted by molar-refractivity contribution is -0.115. The van der Waals surface area contributed by atoms with Gasteiger partial charge in [0.25, 0.3) is 0 Å². The number of ether oxygens (including phenoxy) is 1. The maximum atomic E-state index is 12.6. The number of halogens is 2. The van der Waals surface area contributed by atoms with Gasteiger partial charge < -0.3 is 14.6 Å². The van der Waals surface area contributed by atoms with E-state index in [0.717, 1.165) is 5.56 Å². The number of benzene rings is 2. The number of hydrogen-bond acceptors (Lipinski definition) is 5. The van der Waals surface area contributed by atoms with E-state index in [2.05, 4.69) is 15.5 Å². The number of anilines is 1. The first-order chi connectivity index (χ1) is 13.4. The molecule has 1 unspecified atom stereocenters. The molecule has 146 valence electrons. The lowest BCUT2D eigenvalue weighted by Gasteiger charge is -2.14. The van der Waals surface area contributed by atoms with Crippen molar-refractivity contribution in [2.24, 2.45) is 7.05 Å². The second-order valence-corrected chi connectivity index (χ2v) is 8.15. The maximum Gasteiger partial charge on any atom is 0.237 e. The molecule has 0 saturated heterocycles. The third kappa shape index (κ3) is 4.60. The van der Waals surface area contributed by atoms with Gasteiger partial charge in [-0.25, -0.2) is 0 Å². The molecule has 0 aliphatic carbocycles. The highest BCUT2D eigenvalue weighted by Crippen LogP contribution is 2.30. The van der Waals surface area contributed by atoms with Crippen LogP contribution in [-0.4, -0.2) is 33.0 Å². The highest BCUT2D eigenvalue weighted by molar-refractivity contribution is 8.00. The Kier molecular flexibility index (Phi) is 6.49. The normalized spacial score (nSPS) is 11.9. The molecule has 9 heteroatoms. The van der Waals surface area contributed by atoms with E-state index in [4.69, 9.17) is 27.9 Å². The summed E-state index contributed by atoms with van der Waals surface area (Å²) in [4.78, 5) is 12.6. The van der Waals surface area contributed by atoms with Gasteiger partial charge in [-0.2, -0.15) is 0 Å². The van der Waals surface area contributed by atoms with Gasteiger partial charge in [0.2, 0.25) is 5.91 Å². The van der Waals surface area contributed by atoms with Crippen molar-refractivity contribution in [3.8, 4) is 17.1 Å². The van der Waals surface area contributed by atoms with Crippen LogP contribution in [0, 0.1) is 0 Å². The molecule has 0 bridgehead atoms. The lowest BCUT2D eigenvalue weighted by atomic mass is 10.2. The summed E-state index contributed by atoms with van der Waals surface area (Å²) < 4.78 is 7.11. The molecule has 6 nitrogen and oxygen atoms in total. The zero-order valence-electron chi connectivity index (χ0n) is 15.4. The average Bonchev–Trinajstić information content (AvgIpc) is 3.03. The van der Waals surface area contributed by atoms with Crippen LogP contribution in [-0.2, 0) is 11.8 Å². The fourth-order valence-electron chi connectivity index (χ4n) is 2.49. The van der Waals surface area contributed by atoms with E-state index in [0.29, 0.717) is 32.5 Å². The van der Waals surface area contributed by atoms with E-state index in [1.807, 2.05) is 23.7 Å². The van der Waals surface area contributed by atoms with Crippen LogP contribution in [0.1, 0.15) is 6.92 Å². The minimum atomic E-state index is -0.412. The zero-order valence-corrected chi connectivity index (χ0v) is 17.8. The topological polar surface area (TPSA) is 69.0 Å². The predicted molar refractivity (Wildman–Crippen MR) is 113 cm³/mol. The molecule has 1 atom stereocenters. The largest absolute Gasteiger partial charge is 0.495 e. The summed E-state index contributed by atoms with van der Waals surface area (Å²) in [7, 11) is 3.39. The molecule has 28 heavy (non-hydrogen) atoms. The Morgan fingerprint density at radius 2 is 1.82 bits per heavy atom. The van der Waals surface area contributed by atoms with Crippen LogP contribution in [0.25, 0.3) is 11.4 Å². The molecule has 2 aromatic carbocycles. The van der Waals surface area contributed by atoms with Gasteiger partial charge in [0.15, 0.2) is 11.0 Å². The van der Waals surface area contributed by atoms with Crippen molar-refractivity contribution >= 4 is 46.6 Å². The molecule has 0 aliphatic rings. The van der Waals surface area contributed by atoms with Gasteiger partial charge in [-0.05, 0) is 49.4 Å². The Bertz CT molecular complexity index is 992. The van der Waals surface area contributed by atoms with E-state index in [9.17, 15) is 4.79 Å². The number of rotatable bonds is 6. The van der Waals surface area contributed by atoms with Crippen molar-refractivity contribution in [3.05, 3.63) is 52.5 Å². The third-order valence-electron chi connectivity index (χ3n) is 4.01. The number of carbonyl (C=O) groups excluding carboxylic acids is 1. The van der Waals surface area contributed by atoms with Gasteiger partial charge in [-0.15, -0.1) is 10.2 Å². The summed E-state index contributed by atoms with van der Waals surface area (Å²) in [5, 5.41) is 12.7. The van der Waals surface area contributed by atoms with Crippen molar-refractivity contribution in [1.29, 1.82) is 0 Å². The third-order valence-corrected chi connectivity index (χ3v) is 5.63. The number of aromatic nitrogens is 3. The molecular weight excluding hydrogens is 419 g/mol. The van der Waals surface area contributed by atoms with Crippen LogP contribution in [0.2, 0.25) is 10.0 Å². The van der Waals surface area contributed by atoms with Crippen LogP contribution in [0.3, 0.4) is 0 Å². The highest BCUT2D eigenvalue weighted by atomic mass is 35.5. The SMILES string of the molecule is COc1ccc(Cl)cc1NC(=O)C(C)Sc1nnc(-c2ccc(Cl)cc2)n1C. The van der Waals surface area contributed by atoms with Gasteiger partial charge in [-0.3, -0.25) is 4.79 Å². The highest BCUT2D eigenvalue weighted by Gasteiger charge is 2.20. The van der Waals surface area contributed by atoms with Crippen molar-refractivity contribution in [2.75, 3.05) is 12.4 Å². The molecule has 0 fully saturated rings. The zero-order chi connectivity index (χ0) is 20.3. The van der Waals surface area contributed by atoms with Crippen molar-refractivity contribution < 1.29 is 9.53 Å². The number of nitrogens with zero attached hydrogens (tertiary/aromatic N) is 3. The number of amides is 1. The molecular formula is C19H18Cl2N4O2S. The summed E-state index contributed by atoms with van der Waals surface area (Å²) >= 11 is 13.3. The molecule has 1 amide bonds. The standard InChI is InChI=1S/C19H18Cl2N4O2S/c1-11(18(26)22-15-10-14(21)8-9-16(15)27-3)28-19-24-23-17(25(19)2)12-4-6-13(20)7-5-12/h4-11H,1-3H3,(H,22,26). The minimum Gasteiger partial charge on any atom is -0.495 e. The maximum absolute atomic E-state index is 12.6. The van der Waals surface area contributed by atoms with Crippen LogP contribution >= 0.6 is 35.0 Å². The molecule has 1 aromatic heterocycles. The van der Waals surface area contributed by atoms with E-state index in [1.54, 1.807) is 37.3 Å². The van der Waals surface area contributed by atoms with Gasteiger partial charge in [-0.1, -0.05) is 35.0 Å². The monoisotopic (exact) mass is 436 g/mol. The number of carbonyl (C=O) groups is 1. The summed E-state index contributed by atoms with van der Waals surface area (Å²) in [5.41, 5.74) is 1.42. The quantitative estimate of drug-likeness (QED) is 0.555. The molecule has 3 aromatic rings. The molecule has 0 saturated carbocycles.